The van der Waals surface area contributed by atoms with Crippen molar-refractivity contribution in [2.75, 3.05) is 0 Å². The van der Waals surface area contributed by atoms with Crippen molar-refractivity contribution < 1.29 is 13.7 Å². The van der Waals surface area contributed by atoms with Gasteiger partial charge in [0, 0.05) is 10.8 Å². The van der Waals surface area contributed by atoms with Gasteiger partial charge in [0.2, 0.25) is 0 Å². The van der Waals surface area contributed by atoms with E-state index in [1.807, 2.05) is 6.07 Å². The molecule has 0 bridgehead atoms. The molecule has 1 aromatic heterocycles. The summed E-state index contributed by atoms with van der Waals surface area (Å²) >= 11 is 0. The van der Waals surface area contributed by atoms with Gasteiger partial charge in [-0.1, -0.05) is 60.7 Å². The molecule has 1 fully saturated rings. The van der Waals surface area contributed by atoms with E-state index in [0.29, 0.717) is 0 Å². The van der Waals surface area contributed by atoms with Crippen molar-refractivity contribution in [2.24, 2.45) is 0 Å². The second-order valence-electron chi connectivity index (χ2n) is 9.69. The fraction of sp³-hybridized carbons (Fsp3) is 0.214. The number of rotatable bonds is 2. The highest BCUT2D eigenvalue weighted by Gasteiger charge is 2.51. The van der Waals surface area contributed by atoms with Gasteiger partial charge in [0.05, 0.1) is 11.2 Å². The van der Waals surface area contributed by atoms with Crippen molar-refractivity contribution in [1.29, 1.82) is 0 Å². The lowest BCUT2D eigenvalue weighted by molar-refractivity contribution is 0.00578. The van der Waals surface area contributed by atoms with Crippen molar-refractivity contribution in [3.05, 3.63) is 78.9 Å². The Hall–Kier alpha value is -3.08. The predicted octanol–water partition coefficient (Wildman–Crippen LogP) is 6.71. The molecule has 0 unspecified atom stereocenters. The lowest BCUT2D eigenvalue weighted by Gasteiger charge is -2.32. The Bertz CT molecular complexity index is 1480. The Morgan fingerprint density at radius 3 is 2.09 bits per heavy atom. The molecule has 4 heteroatoms. The molecule has 0 N–H and O–H groups in total. The van der Waals surface area contributed by atoms with E-state index < -0.39 is 0 Å². The molecule has 0 radical (unpaired) electrons. The number of benzene rings is 4. The number of fused-ring (bicyclic) bond motifs is 4. The smallest absolute Gasteiger partial charge is 0.456 e. The van der Waals surface area contributed by atoms with Gasteiger partial charge < -0.3 is 13.7 Å². The van der Waals surface area contributed by atoms with Crippen molar-refractivity contribution in [3.63, 3.8) is 0 Å². The van der Waals surface area contributed by atoms with E-state index in [1.54, 1.807) is 0 Å². The maximum Gasteiger partial charge on any atom is 0.494 e. The first-order valence-electron chi connectivity index (χ1n) is 11.1. The van der Waals surface area contributed by atoms with Crippen LogP contribution in [0, 0.1) is 0 Å². The van der Waals surface area contributed by atoms with Gasteiger partial charge in [-0.3, -0.25) is 0 Å². The summed E-state index contributed by atoms with van der Waals surface area (Å²) in [4.78, 5) is 0. The lowest BCUT2D eigenvalue weighted by Crippen LogP contribution is -2.41. The van der Waals surface area contributed by atoms with Gasteiger partial charge in [0.25, 0.3) is 0 Å². The molecule has 1 aliphatic rings. The molecule has 6 rings (SSSR count). The molecule has 0 spiro atoms. The summed E-state index contributed by atoms with van der Waals surface area (Å²) in [5.74, 6) is 0. The standard InChI is InChI=1S/C28H25BO3/c1-27(2)28(3,4)32-29(31-27)21-12-7-11-20(15-21)22-13-8-14-24-26(22)23-16-18-9-5-6-10-19(18)17-25(23)30-24/h5-17H,1-4H3. The minimum atomic E-state index is -0.385. The molecule has 3 nitrogen and oxygen atoms in total. The molecule has 2 heterocycles. The van der Waals surface area contributed by atoms with Crippen LogP contribution in [0.3, 0.4) is 0 Å². The van der Waals surface area contributed by atoms with Gasteiger partial charge in [0.15, 0.2) is 0 Å². The number of furan rings is 1. The molecule has 158 valence electrons. The van der Waals surface area contributed by atoms with Gasteiger partial charge >= 0.3 is 7.12 Å². The average molecular weight is 420 g/mol. The molecule has 0 atom stereocenters. The highest BCUT2D eigenvalue weighted by atomic mass is 16.7. The van der Waals surface area contributed by atoms with Crippen molar-refractivity contribution >= 4 is 45.3 Å². The minimum Gasteiger partial charge on any atom is -0.456 e. The molecule has 0 aliphatic carbocycles. The molecular formula is C28H25BO3. The van der Waals surface area contributed by atoms with E-state index in [-0.39, 0.29) is 18.3 Å². The van der Waals surface area contributed by atoms with Crippen molar-refractivity contribution in [3.8, 4) is 11.1 Å². The molecule has 1 saturated heterocycles. The van der Waals surface area contributed by atoms with E-state index in [9.17, 15) is 0 Å². The third-order valence-corrected chi connectivity index (χ3v) is 7.09. The van der Waals surface area contributed by atoms with Crippen LogP contribution in [0.4, 0.5) is 0 Å². The Morgan fingerprint density at radius 2 is 1.34 bits per heavy atom. The Morgan fingerprint density at radius 1 is 0.656 bits per heavy atom. The first-order chi connectivity index (χ1) is 15.3. The predicted molar refractivity (Wildman–Crippen MR) is 132 cm³/mol. The summed E-state index contributed by atoms with van der Waals surface area (Å²) < 4.78 is 18.8. The second kappa shape index (κ2) is 6.71. The fourth-order valence-corrected chi connectivity index (χ4v) is 4.58. The fourth-order valence-electron chi connectivity index (χ4n) is 4.58. The summed E-state index contributed by atoms with van der Waals surface area (Å²) in [6, 6.07) is 27.5. The first-order valence-corrected chi connectivity index (χ1v) is 11.1. The Kier molecular flexibility index (Phi) is 4.11. The summed E-state index contributed by atoms with van der Waals surface area (Å²) in [6.07, 6.45) is 0. The quantitative estimate of drug-likeness (QED) is 0.298. The van der Waals surface area contributed by atoms with E-state index in [4.69, 9.17) is 13.7 Å². The van der Waals surface area contributed by atoms with Gasteiger partial charge in [-0.25, -0.2) is 0 Å². The minimum absolute atomic E-state index is 0.366. The average Bonchev–Trinajstić information content (AvgIpc) is 3.24. The van der Waals surface area contributed by atoms with E-state index >= 15 is 0 Å². The highest BCUT2D eigenvalue weighted by Crippen LogP contribution is 2.39. The van der Waals surface area contributed by atoms with Crippen LogP contribution in [-0.4, -0.2) is 18.3 Å². The zero-order valence-electron chi connectivity index (χ0n) is 18.8. The van der Waals surface area contributed by atoms with Crippen LogP contribution in [0.5, 0.6) is 0 Å². The van der Waals surface area contributed by atoms with Gasteiger partial charge in [0.1, 0.15) is 11.2 Å². The summed E-state index contributed by atoms with van der Waals surface area (Å²) in [7, 11) is -0.385. The maximum atomic E-state index is 6.29. The molecule has 5 aromatic rings. The topological polar surface area (TPSA) is 31.6 Å². The monoisotopic (exact) mass is 420 g/mol. The third-order valence-electron chi connectivity index (χ3n) is 7.09. The van der Waals surface area contributed by atoms with Crippen LogP contribution in [-0.2, 0) is 9.31 Å². The van der Waals surface area contributed by atoms with Crippen molar-refractivity contribution in [2.45, 2.75) is 38.9 Å². The summed E-state index contributed by atoms with van der Waals surface area (Å²) in [5, 5.41) is 4.67. The van der Waals surface area contributed by atoms with E-state index in [0.717, 1.165) is 38.5 Å². The van der Waals surface area contributed by atoms with Crippen LogP contribution in [0.15, 0.2) is 83.3 Å². The Balaban J connectivity index is 1.52. The summed E-state index contributed by atoms with van der Waals surface area (Å²) in [6.45, 7) is 8.33. The van der Waals surface area contributed by atoms with Gasteiger partial charge in [-0.05, 0) is 73.3 Å². The number of hydrogen-bond donors (Lipinski definition) is 0. The second-order valence-corrected chi connectivity index (χ2v) is 9.69. The Labute approximate surface area is 188 Å². The van der Waals surface area contributed by atoms with Crippen LogP contribution in [0.1, 0.15) is 27.7 Å². The van der Waals surface area contributed by atoms with Crippen LogP contribution in [0.2, 0.25) is 0 Å². The van der Waals surface area contributed by atoms with Crippen LogP contribution in [0.25, 0.3) is 43.8 Å². The molecule has 1 aliphatic heterocycles. The van der Waals surface area contributed by atoms with Gasteiger partial charge in [-0.2, -0.15) is 0 Å². The van der Waals surface area contributed by atoms with E-state index in [1.165, 1.54) is 10.8 Å². The normalized spacial score (nSPS) is 17.6. The zero-order chi connectivity index (χ0) is 22.1. The maximum absolute atomic E-state index is 6.29. The SMILES string of the molecule is CC1(C)OB(c2cccc(-c3cccc4oc5cc6ccccc6cc5c34)c2)OC1(C)C. The molecule has 0 saturated carbocycles. The first kappa shape index (κ1) is 19.6. The largest absolute Gasteiger partial charge is 0.494 e. The molecular weight excluding hydrogens is 395 g/mol. The third kappa shape index (κ3) is 2.91. The molecule has 32 heavy (non-hydrogen) atoms. The number of hydrogen-bond acceptors (Lipinski definition) is 3. The van der Waals surface area contributed by atoms with Crippen molar-refractivity contribution in [1.82, 2.24) is 0 Å². The summed E-state index contributed by atoms with van der Waals surface area (Å²) in [5.41, 5.74) is 4.37. The van der Waals surface area contributed by atoms with E-state index in [2.05, 4.69) is 100 Å². The highest BCUT2D eigenvalue weighted by molar-refractivity contribution is 6.62. The van der Waals surface area contributed by atoms with Gasteiger partial charge in [-0.15, -0.1) is 0 Å². The lowest BCUT2D eigenvalue weighted by atomic mass is 9.78. The molecule has 0 amide bonds. The molecule has 4 aromatic carbocycles. The van der Waals surface area contributed by atoms with Crippen LogP contribution < -0.4 is 5.46 Å². The zero-order valence-corrected chi connectivity index (χ0v) is 18.8. The van der Waals surface area contributed by atoms with Crippen LogP contribution >= 0.6 is 0 Å².